The molecule has 15 heavy (non-hydrogen) atoms. The van der Waals surface area contributed by atoms with Crippen LogP contribution in [0.2, 0.25) is 0 Å². The van der Waals surface area contributed by atoms with Crippen molar-refractivity contribution >= 4 is 5.69 Å². The zero-order chi connectivity index (χ0) is 10.3. The van der Waals surface area contributed by atoms with Crippen LogP contribution >= 0.6 is 0 Å². The number of fused-ring (bicyclic) bond motifs is 2. The van der Waals surface area contributed by atoms with Gasteiger partial charge in [0.2, 0.25) is 0 Å². The normalized spacial score (nSPS) is 33.8. The van der Waals surface area contributed by atoms with Crippen molar-refractivity contribution in [2.45, 2.75) is 25.3 Å². The third-order valence-corrected chi connectivity index (χ3v) is 3.96. The molecule has 0 bridgehead atoms. The molecule has 1 fully saturated rings. The highest BCUT2D eigenvalue weighted by atomic mass is 15.0. The minimum absolute atomic E-state index is 0.677. The Hall–Kier alpha value is -1.02. The fourth-order valence-corrected chi connectivity index (χ4v) is 3.04. The molecule has 2 nitrogen and oxygen atoms in total. The molecule has 0 radical (unpaired) electrons. The Kier molecular flexibility index (Phi) is 2.17. The summed E-state index contributed by atoms with van der Waals surface area (Å²) in [5, 5.41) is 7.19. The number of piperidine rings is 1. The average molecular weight is 202 g/mol. The molecule has 3 unspecified atom stereocenters. The molecular weight excluding hydrogens is 184 g/mol. The number of benzene rings is 1. The zero-order valence-corrected chi connectivity index (χ0v) is 9.16. The van der Waals surface area contributed by atoms with Crippen LogP contribution in [0.1, 0.15) is 24.8 Å². The monoisotopic (exact) mass is 202 g/mol. The first-order chi connectivity index (χ1) is 7.36. The van der Waals surface area contributed by atoms with E-state index in [-0.39, 0.29) is 0 Å². The van der Waals surface area contributed by atoms with Gasteiger partial charge in [0, 0.05) is 18.3 Å². The lowest BCUT2D eigenvalue weighted by Crippen LogP contribution is -2.48. The first kappa shape index (κ1) is 9.22. The minimum atomic E-state index is 0.677. The third-order valence-electron chi connectivity index (χ3n) is 3.96. The number of nitrogens with one attached hydrogen (secondary N) is 2. The second-order valence-electron chi connectivity index (χ2n) is 4.78. The summed E-state index contributed by atoms with van der Waals surface area (Å²) in [5.41, 5.74) is 2.84. The Labute approximate surface area is 91.1 Å². The number of hydrogen-bond donors (Lipinski definition) is 2. The summed E-state index contributed by atoms with van der Waals surface area (Å²) in [7, 11) is 0. The van der Waals surface area contributed by atoms with Gasteiger partial charge in [-0.2, -0.15) is 0 Å². The Morgan fingerprint density at radius 1 is 1.27 bits per heavy atom. The lowest BCUT2D eigenvalue weighted by molar-refractivity contribution is 0.295. The zero-order valence-electron chi connectivity index (χ0n) is 9.16. The lowest BCUT2D eigenvalue weighted by atomic mass is 9.76. The van der Waals surface area contributed by atoms with Gasteiger partial charge < -0.3 is 10.6 Å². The van der Waals surface area contributed by atoms with Gasteiger partial charge in [-0.1, -0.05) is 25.1 Å². The highest BCUT2D eigenvalue weighted by Crippen LogP contribution is 2.39. The molecule has 1 aromatic carbocycles. The molecule has 0 saturated carbocycles. The third kappa shape index (κ3) is 1.44. The van der Waals surface area contributed by atoms with Crippen LogP contribution in [-0.2, 0) is 0 Å². The average Bonchev–Trinajstić information content (AvgIpc) is 2.30. The smallest absolute Gasteiger partial charge is 0.0377 e. The van der Waals surface area contributed by atoms with Crippen LogP contribution in [0.15, 0.2) is 24.3 Å². The molecule has 2 N–H and O–H groups in total. The van der Waals surface area contributed by atoms with Crippen molar-refractivity contribution in [2.75, 3.05) is 18.4 Å². The number of para-hydroxylation sites is 1. The maximum atomic E-state index is 3.69. The molecule has 0 aromatic heterocycles. The summed E-state index contributed by atoms with van der Waals surface area (Å²) in [6.45, 7) is 4.68. The van der Waals surface area contributed by atoms with Gasteiger partial charge in [0.15, 0.2) is 0 Å². The summed E-state index contributed by atoms with van der Waals surface area (Å²) in [6, 6.07) is 9.42. The van der Waals surface area contributed by atoms with Crippen LogP contribution in [0.5, 0.6) is 0 Å². The van der Waals surface area contributed by atoms with E-state index in [1.807, 2.05) is 0 Å². The van der Waals surface area contributed by atoms with Crippen molar-refractivity contribution in [3.8, 4) is 0 Å². The number of hydrogen-bond acceptors (Lipinski definition) is 2. The SMILES string of the molecule is CC1c2ccccc2NC2CCNCC21. The summed E-state index contributed by atoms with van der Waals surface area (Å²) >= 11 is 0. The molecule has 2 aliphatic rings. The van der Waals surface area contributed by atoms with Crippen molar-refractivity contribution in [3.63, 3.8) is 0 Å². The maximum absolute atomic E-state index is 3.69. The Balaban J connectivity index is 1.98. The van der Waals surface area contributed by atoms with Gasteiger partial charge in [-0.05, 0) is 36.4 Å². The second kappa shape index (κ2) is 3.53. The molecule has 1 saturated heterocycles. The predicted molar refractivity (Wildman–Crippen MR) is 63.2 cm³/mol. The van der Waals surface area contributed by atoms with Crippen LogP contribution in [0, 0.1) is 5.92 Å². The minimum Gasteiger partial charge on any atom is -0.382 e. The van der Waals surface area contributed by atoms with E-state index in [1.165, 1.54) is 17.7 Å². The van der Waals surface area contributed by atoms with Gasteiger partial charge in [0.05, 0.1) is 0 Å². The number of anilines is 1. The van der Waals surface area contributed by atoms with Gasteiger partial charge in [-0.15, -0.1) is 0 Å². The largest absolute Gasteiger partial charge is 0.382 e. The second-order valence-corrected chi connectivity index (χ2v) is 4.78. The van der Waals surface area contributed by atoms with Gasteiger partial charge in [-0.25, -0.2) is 0 Å². The van der Waals surface area contributed by atoms with E-state index in [2.05, 4.69) is 41.8 Å². The lowest BCUT2D eigenvalue weighted by Gasteiger charge is -2.42. The standard InChI is InChI=1S/C13H18N2/c1-9-10-4-2-3-5-12(10)15-13-6-7-14-8-11(9)13/h2-5,9,11,13-15H,6-8H2,1H3. The van der Waals surface area contributed by atoms with E-state index in [0.29, 0.717) is 12.0 Å². The van der Waals surface area contributed by atoms with Gasteiger partial charge in [0.1, 0.15) is 0 Å². The van der Waals surface area contributed by atoms with E-state index in [4.69, 9.17) is 0 Å². The first-order valence-electron chi connectivity index (χ1n) is 5.92. The summed E-state index contributed by atoms with van der Waals surface area (Å²) in [6.07, 6.45) is 1.25. The molecule has 80 valence electrons. The fraction of sp³-hybridized carbons (Fsp3) is 0.538. The van der Waals surface area contributed by atoms with Crippen molar-refractivity contribution < 1.29 is 0 Å². The van der Waals surface area contributed by atoms with E-state index in [1.54, 1.807) is 0 Å². The van der Waals surface area contributed by atoms with Crippen molar-refractivity contribution in [2.24, 2.45) is 5.92 Å². The van der Waals surface area contributed by atoms with Crippen LogP contribution < -0.4 is 10.6 Å². The molecule has 1 aromatic rings. The molecule has 0 amide bonds. The van der Waals surface area contributed by atoms with Crippen LogP contribution in [0.25, 0.3) is 0 Å². The first-order valence-corrected chi connectivity index (χ1v) is 5.92. The highest BCUT2D eigenvalue weighted by Gasteiger charge is 2.34. The predicted octanol–water partition coefficient (Wildman–Crippen LogP) is 2.19. The molecular formula is C13H18N2. The van der Waals surface area contributed by atoms with E-state index in [0.717, 1.165) is 19.0 Å². The van der Waals surface area contributed by atoms with E-state index >= 15 is 0 Å². The quantitative estimate of drug-likeness (QED) is 0.674. The van der Waals surface area contributed by atoms with E-state index < -0.39 is 0 Å². The molecule has 3 rings (SSSR count). The summed E-state index contributed by atoms with van der Waals surface area (Å²) in [4.78, 5) is 0. The Bertz CT molecular complexity index is 361. The molecule has 0 spiro atoms. The van der Waals surface area contributed by atoms with Crippen LogP contribution in [-0.4, -0.2) is 19.1 Å². The fourth-order valence-electron chi connectivity index (χ4n) is 3.04. The summed E-state index contributed by atoms with van der Waals surface area (Å²) < 4.78 is 0. The number of rotatable bonds is 0. The van der Waals surface area contributed by atoms with Crippen molar-refractivity contribution in [1.29, 1.82) is 0 Å². The van der Waals surface area contributed by atoms with Crippen LogP contribution in [0.4, 0.5) is 5.69 Å². The van der Waals surface area contributed by atoms with Crippen molar-refractivity contribution in [1.82, 2.24) is 5.32 Å². The molecule has 2 heteroatoms. The van der Waals surface area contributed by atoms with E-state index in [9.17, 15) is 0 Å². The summed E-state index contributed by atoms with van der Waals surface area (Å²) in [5.74, 6) is 1.44. The Morgan fingerprint density at radius 3 is 3.07 bits per heavy atom. The van der Waals surface area contributed by atoms with Crippen LogP contribution in [0.3, 0.4) is 0 Å². The van der Waals surface area contributed by atoms with Gasteiger partial charge in [0.25, 0.3) is 0 Å². The Morgan fingerprint density at radius 2 is 2.13 bits per heavy atom. The van der Waals surface area contributed by atoms with Crippen molar-refractivity contribution in [3.05, 3.63) is 29.8 Å². The molecule has 2 heterocycles. The van der Waals surface area contributed by atoms with Gasteiger partial charge >= 0.3 is 0 Å². The van der Waals surface area contributed by atoms with Gasteiger partial charge in [-0.3, -0.25) is 0 Å². The molecule has 2 aliphatic heterocycles. The maximum Gasteiger partial charge on any atom is 0.0377 e. The molecule has 3 atom stereocenters. The highest BCUT2D eigenvalue weighted by molar-refractivity contribution is 5.56. The molecule has 0 aliphatic carbocycles. The topological polar surface area (TPSA) is 24.1 Å².